The number of hydrogen-bond acceptors (Lipinski definition) is 2. The van der Waals surface area contributed by atoms with Gasteiger partial charge >= 0.3 is 0 Å². The second-order valence-corrected chi connectivity index (χ2v) is 8.94. The molecule has 0 bridgehead atoms. The second-order valence-electron chi connectivity index (χ2n) is 7.21. The van der Waals surface area contributed by atoms with E-state index in [2.05, 4.69) is 29.8 Å². The van der Waals surface area contributed by atoms with Gasteiger partial charge in [0.2, 0.25) is 0 Å². The fraction of sp³-hybridized carbons (Fsp3) is 0.217. The van der Waals surface area contributed by atoms with Crippen molar-refractivity contribution < 1.29 is 9.47 Å². The molecule has 0 spiro atoms. The van der Waals surface area contributed by atoms with Crippen molar-refractivity contribution in [3.05, 3.63) is 92.4 Å². The fourth-order valence-corrected chi connectivity index (χ4v) is 3.32. The standard InChI is InChI=1S/C23H21BrCl2O2/c1-23(2,17-6-11-21(25)22(26)13-17)15-27-14-16-4-3-5-20(12-16)28-19-9-7-18(24)8-10-19/h3-13H,14-15H2,1-2H3. The van der Waals surface area contributed by atoms with Gasteiger partial charge in [0.15, 0.2) is 0 Å². The van der Waals surface area contributed by atoms with Gasteiger partial charge in [-0.3, -0.25) is 0 Å². The molecule has 146 valence electrons. The Kier molecular flexibility index (Phi) is 7.05. The number of hydrogen-bond donors (Lipinski definition) is 0. The van der Waals surface area contributed by atoms with E-state index in [1.165, 1.54) is 0 Å². The van der Waals surface area contributed by atoms with E-state index in [4.69, 9.17) is 32.7 Å². The lowest BCUT2D eigenvalue weighted by Crippen LogP contribution is -2.24. The molecule has 0 unspecified atom stereocenters. The van der Waals surface area contributed by atoms with Crippen LogP contribution in [-0.4, -0.2) is 6.61 Å². The van der Waals surface area contributed by atoms with E-state index in [9.17, 15) is 0 Å². The van der Waals surface area contributed by atoms with Gasteiger partial charge in [-0.15, -0.1) is 0 Å². The normalized spacial score (nSPS) is 11.5. The van der Waals surface area contributed by atoms with Crippen molar-refractivity contribution in [3.8, 4) is 11.5 Å². The first-order valence-electron chi connectivity index (χ1n) is 8.89. The van der Waals surface area contributed by atoms with Gasteiger partial charge in [-0.1, -0.05) is 71.2 Å². The highest BCUT2D eigenvalue weighted by Gasteiger charge is 2.22. The van der Waals surface area contributed by atoms with Gasteiger partial charge < -0.3 is 9.47 Å². The Hall–Kier alpha value is -1.52. The third-order valence-corrected chi connectivity index (χ3v) is 5.65. The fourth-order valence-electron chi connectivity index (χ4n) is 2.76. The topological polar surface area (TPSA) is 18.5 Å². The average molecular weight is 480 g/mol. The quantitative estimate of drug-likeness (QED) is 0.341. The monoisotopic (exact) mass is 478 g/mol. The van der Waals surface area contributed by atoms with Crippen LogP contribution in [-0.2, 0) is 16.8 Å². The minimum absolute atomic E-state index is 0.181. The number of halogens is 3. The zero-order valence-electron chi connectivity index (χ0n) is 15.7. The molecule has 0 amide bonds. The molecular formula is C23H21BrCl2O2. The van der Waals surface area contributed by atoms with Crippen molar-refractivity contribution in [3.63, 3.8) is 0 Å². The summed E-state index contributed by atoms with van der Waals surface area (Å²) in [4.78, 5) is 0. The molecular weight excluding hydrogens is 459 g/mol. The minimum Gasteiger partial charge on any atom is -0.457 e. The van der Waals surface area contributed by atoms with Crippen LogP contribution in [0.5, 0.6) is 11.5 Å². The summed E-state index contributed by atoms with van der Waals surface area (Å²) in [6.45, 7) is 5.31. The van der Waals surface area contributed by atoms with E-state index in [0.717, 1.165) is 27.1 Å². The molecule has 0 saturated heterocycles. The maximum Gasteiger partial charge on any atom is 0.127 e. The summed E-state index contributed by atoms with van der Waals surface area (Å²) in [5.41, 5.74) is 1.97. The van der Waals surface area contributed by atoms with Crippen LogP contribution in [0.15, 0.2) is 71.2 Å². The van der Waals surface area contributed by atoms with Gasteiger partial charge in [0.25, 0.3) is 0 Å². The van der Waals surface area contributed by atoms with Crippen LogP contribution >= 0.6 is 39.1 Å². The van der Waals surface area contributed by atoms with Gasteiger partial charge in [-0.2, -0.15) is 0 Å². The Morgan fingerprint density at radius 1 is 0.857 bits per heavy atom. The Morgan fingerprint density at radius 2 is 1.61 bits per heavy atom. The van der Waals surface area contributed by atoms with E-state index in [0.29, 0.717) is 23.3 Å². The summed E-state index contributed by atoms with van der Waals surface area (Å²) in [5.74, 6) is 1.58. The van der Waals surface area contributed by atoms with Crippen LogP contribution < -0.4 is 4.74 Å². The van der Waals surface area contributed by atoms with Crippen molar-refractivity contribution in [2.45, 2.75) is 25.9 Å². The van der Waals surface area contributed by atoms with Crippen LogP contribution in [0.1, 0.15) is 25.0 Å². The number of ether oxygens (including phenoxy) is 2. The van der Waals surface area contributed by atoms with Crippen molar-refractivity contribution >= 4 is 39.1 Å². The molecule has 3 aromatic carbocycles. The zero-order valence-corrected chi connectivity index (χ0v) is 18.8. The van der Waals surface area contributed by atoms with Crippen LogP contribution in [0.2, 0.25) is 10.0 Å². The van der Waals surface area contributed by atoms with Gasteiger partial charge in [0.05, 0.1) is 23.3 Å². The molecule has 0 aliphatic heterocycles. The highest BCUT2D eigenvalue weighted by molar-refractivity contribution is 9.10. The molecule has 28 heavy (non-hydrogen) atoms. The molecule has 0 atom stereocenters. The van der Waals surface area contributed by atoms with Gasteiger partial charge in [-0.25, -0.2) is 0 Å². The molecule has 5 heteroatoms. The lowest BCUT2D eigenvalue weighted by Gasteiger charge is -2.25. The first-order chi connectivity index (χ1) is 13.3. The van der Waals surface area contributed by atoms with E-state index < -0.39 is 0 Å². The van der Waals surface area contributed by atoms with Crippen molar-refractivity contribution in [1.82, 2.24) is 0 Å². The molecule has 0 radical (unpaired) electrons. The van der Waals surface area contributed by atoms with Crippen LogP contribution in [0.3, 0.4) is 0 Å². The molecule has 0 N–H and O–H groups in total. The Morgan fingerprint density at radius 3 is 2.32 bits per heavy atom. The summed E-state index contributed by atoms with van der Waals surface area (Å²) in [6.07, 6.45) is 0. The molecule has 3 aromatic rings. The SMILES string of the molecule is CC(C)(COCc1cccc(Oc2ccc(Br)cc2)c1)c1ccc(Cl)c(Cl)c1. The predicted octanol–water partition coefficient (Wildman–Crippen LogP) is 8.04. The largest absolute Gasteiger partial charge is 0.457 e. The third-order valence-electron chi connectivity index (χ3n) is 4.38. The number of benzene rings is 3. The molecule has 0 aliphatic carbocycles. The molecule has 0 aromatic heterocycles. The van der Waals surface area contributed by atoms with Crippen LogP contribution in [0, 0.1) is 0 Å². The molecule has 0 heterocycles. The first-order valence-corrected chi connectivity index (χ1v) is 10.4. The molecule has 0 aliphatic rings. The Balaban J connectivity index is 1.59. The van der Waals surface area contributed by atoms with E-state index in [-0.39, 0.29) is 5.41 Å². The maximum atomic E-state index is 6.15. The first kappa shape index (κ1) is 21.2. The third kappa shape index (κ3) is 5.74. The van der Waals surface area contributed by atoms with Crippen LogP contribution in [0.4, 0.5) is 0 Å². The van der Waals surface area contributed by atoms with Crippen LogP contribution in [0.25, 0.3) is 0 Å². The smallest absolute Gasteiger partial charge is 0.127 e. The molecule has 3 rings (SSSR count). The lowest BCUT2D eigenvalue weighted by molar-refractivity contribution is 0.0824. The summed E-state index contributed by atoms with van der Waals surface area (Å²) in [7, 11) is 0. The summed E-state index contributed by atoms with van der Waals surface area (Å²) in [5, 5.41) is 1.12. The minimum atomic E-state index is -0.181. The highest BCUT2D eigenvalue weighted by atomic mass is 79.9. The lowest BCUT2D eigenvalue weighted by atomic mass is 9.85. The Labute approximate surface area is 184 Å². The van der Waals surface area contributed by atoms with Crippen molar-refractivity contribution in [2.24, 2.45) is 0 Å². The maximum absolute atomic E-state index is 6.15. The van der Waals surface area contributed by atoms with Gasteiger partial charge in [-0.05, 0) is 59.7 Å². The van der Waals surface area contributed by atoms with E-state index in [1.54, 1.807) is 0 Å². The molecule has 2 nitrogen and oxygen atoms in total. The van der Waals surface area contributed by atoms with Crippen molar-refractivity contribution in [2.75, 3.05) is 6.61 Å². The van der Waals surface area contributed by atoms with E-state index >= 15 is 0 Å². The summed E-state index contributed by atoms with van der Waals surface area (Å²) < 4.78 is 12.9. The van der Waals surface area contributed by atoms with Gasteiger partial charge in [0, 0.05) is 9.89 Å². The van der Waals surface area contributed by atoms with E-state index in [1.807, 2.05) is 66.7 Å². The van der Waals surface area contributed by atoms with Crippen molar-refractivity contribution in [1.29, 1.82) is 0 Å². The molecule has 0 fully saturated rings. The Bertz CT molecular complexity index is 940. The predicted molar refractivity (Wildman–Crippen MR) is 120 cm³/mol. The summed E-state index contributed by atoms with van der Waals surface area (Å²) >= 11 is 15.6. The summed E-state index contributed by atoms with van der Waals surface area (Å²) in [6, 6.07) is 21.4. The van der Waals surface area contributed by atoms with Gasteiger partial charge in [0.1, 0.15) is 11.5 Å². The highest BCUT2D eigenvalue weighted by Crippen LogP contribution is 2.30. The zero-order chi connectivity index (χ0) is 20.1. The second kappa shape index (κ2) is 9.32. The average Bonchev–Trinajstić information content (AvgIpc) is 2.66. The molecule has 0 saturated carbocycles. The number of rotatable bonds is 7.